The number of aldehydes is 2. The maximum atomic E-state index is 11.0. The molecule has 0 N–H and O–H groups in total. The van der Waals surface area contributed by atoms with Crippen LogP contribution in [-0.2, 0) is 13.2 Å². The van der Waals surface area contributed by atoms with Crippen molar-refractivity contribution in [1.82, 2.24) is 0 Å². The van der Waals surface area contributed by atoms with Gasteiger partial charge >= 0.3 is 0 Å². The van der Waals surface area contributed by atoms with Crippen LogP contribution >= 0.6 is 31.9 Å². The normalized spacial score (nSPS) is 10.7. The van der Waals surface area contributed by atoms with Gasteiger partial charge in [0.2, 0.25) is 0 Å². The number of rotatable bonds is 9. The van der Waals surface area contributed by atoms with Crippen LogP contribution in [0.2, 0.25) is 0 Å². The Bertz CT molecular complexity index is 1320. The molecule has 4 aromatic rings. The molecule has 0 heterocycles. The van der Waals surface area contributed by atoms with E-state index in [0.717, 1.165) is 54.9 Å². The van der Waals surface area contributed by atoms with E-state index >= 15 is 0 Å². The van der Waals surface area contributed by atoms with E-state index in [1.54, 1.807) is 36.4 Å². The van der Waals surface area contributed by atoms with E-state index in [-0.39, 0.29) is 0 Å². The van der Waals surface area contributed by atoms with Crippen molar-refractivity contribution in [2.75, 3.05) is 0 Å². The molecule has 0 aliphatic heterocycles. The number of hydrogen-bond acceptors (Lipinski definition) is 4. The molecule has 0 radical (unpaired) electrons. The summed E-state index contributed by atoms with van der Waals surface area (Å²) in [6.45, 7) is 5.02. The van der Waals surface area contributed by atoms with Crippen molar-refractivity contribution in [3.05, 3.63) is 115 Å². The number of carbonyl (C=O) groups is 2. The van der Waals surface area contributed by atoms with Gasteiger partial charge in [-0.15, -0.1) is 0 Å². The highest BCUT2D eigenvalue weighted by atomic mass is 79.9. The lowest BCUT2D eigenvalue weighted by Crippen LogP contribution is -2.02. The van der Waals surface area contributed by atoms with Crippen LogP contribution in [0.4, 0.5) is 0 Å². The Labute approximate surface area is 227 Å². The number of hydrogen-bond donors (Lipinski definition) is 0. The molecule has 4 nitrogen and oxygen atoms in total. The lowest BCUT2D eigenvalue weighted by molar-refractivity contribution is 0.111. The molecular weight excluding hydrogens is 584 g/mol. The minimum Gasteiger partial charge on any atom is -0.488 e. The van der Waals surface area contributed by atoms with Crippen LogP contribution in [0.15, 0.2) is 81.7 Å². The molecule has 0 atom stereocenters. The molecule has 0 aliphatic carbocycles. The Morgan fingerprint density at radius 1 is 0.639 bits per heavy atom. The Kier molecular flexibility index (Phi) is 8.39. The van der Waals surface area contributed by atoms with E-state index in [1.165, 1.54) is 0 Å². The smallest absolute Gasteiger partial charge is 0.150 e. The quantitative estimate of drug-likeness (QED) is 0.180. The fraction of sp³-hybridized carbons (Fsp3) is 0.133. The average Bonchev–Trinajstić information content (AvgIpc) is 2.88. The van der Waals surface area contributed by atoms with Crippen LogP contribution in [0.3, 0.4) is 0 Å². The molecule has 0 bridgehead atoms. The van der Waals surface area contributed by atoms with Gasteiger partial charge in [0.1, 0.15) is 37.3 Å². The van der Waals surface area contributed by atoms with Crippen LogP contribution in [0.1, 0.15) is 43.0 Å². The molecule has 0 unspecified atom stereocenters. The molecular formula is C30H24Br2O4. The second-order valence-electron chi connectivity index (χ2n) is 8.37. The molecule has 0 spiro atoms. The first-order chi connectivity index (χ1) is 17.4. The van der Waals surface area contributed by atoms with Gasteiger partial charge in [-0.05, 0) is 115 Å². The second kappa shape index (κ2) is 11.7. The SMILES string of the molecule is Cc1c(COc2ccc(C=O)cc2Br)cccc1-c1cccc(COc2ccc(C=O)cc2Br)c1C. The standard InChI is InChI=1S/C30H24Br2O4/c1-19-23(17-35-29-11-9-21(15-33)13-27(29)31)5-3-7-25(19)26-8-4-6-24(20(26)2)18-36-30-12-10-22(16-34)14-28(30)32/h3-16H,17-18H2,1-2H3. The molecule has 0 amide bonds. The first-order valence-electron chi connectivity index (χ1n) is 11.3. The van der Waals surface area contributed by atoms with Gasteiger partial charge in [0.15, 0.2) is 0 Å². The summed E-state index contributed by atoms with van der Waals surface area (Å²) in [5.41, 5.74) is 7.93. The fourth-order valence-electron chi connectivity index (χ4n) is 3.99. The molecule has 0 saturated carbocycles. The highest BCUT2D eigenvalue weighted by molar-refractivity contribution is 9.10. The molecule has 0 fully saturated rings. The van der Waals surface area contributed by atoms with Gasteiger partial charge in [-0.2, -0.15) is 0 Å². The van der Waals surface area contributed by atoms with Crippen LogP contribution in [-0.4, -0.2) is 12.6 Å². The van der Waals surface area contributed by atoms with Gasteiger partial charge in [0.05, 0.1) is 8.95 Å². The largest absolute Gasteiger partial charge is 0.488 e. The van der Waals surface area contributed by atoms with Crippen LogP contribution < -0.4 is 9.47 Å². The fourth-order valence-corrected chi connectivity index (χ4v) is 5.01. The van der Waals surface area contributed by atoms with Crippen molar-refractivity contribution in [3.8, 4) is 22.6 Å². The molecule has 4 aromatic carbocycles. The van der Waals surface area contributed by atoms with Crippen molar-refractivity contribution in [1.29, 1.82) is 0 Å². The summed E-state index contributed by atoms with van der Waals surface area (Å²) in [4.78, 5) is 22.0. The zero-order valence-corrected chi connectivity index (χ0v) is 23.1. The molecule has 4 rings (SSSR count). The summed E-state index contributed by atoms with van der Waals surface area (Å²) >= 11 is 6.96. The third kappa shape index (κ3) is 5.77. The molecule has 182 valence electrons. The molecule has 6 heteroatoms. The maximum Gasteiger partial charge on any atom is 0.150 e. The first-order valence-corrected chi connectivity index (χ1v) is 12.9. The minimum absolute atomic E-state index is 0.408. The van der Waals surface area contributed by atoms with E-state index < -0.39 is 0 Å². The van der Waals surface area contributed by atoms with E-state index in [1.807, 2.05) is 12.1 Å². The van der Waals surface area contributed by atoms with Gasteiger partial charge in [0, 0.05) is 11.1 Å². The summed E-state index contributed by atoms with van der Waals surface area (Å²) < 4.78 is 13.6. The average molecular weight is 608 g/mol. The predicted molar refractivity (Wildman–Crippen MR) is 149 cm³/mol. The summed E-state index contributed by atoms with van der Waals surface area (Å²) in [5, 5.41) is 0. The van der Waals surface area contributed by atoms with Gasteiger partial charge in [-0.25, -0.2) is 0 Å². The summed E-state index contributed by atoms with van der Waals surface area (Å²) in [6, 6.07) is 23.0. The second-order valence-corrected chi connectivity index (χ2v) is 10.1. The Morgan fingerprint density at radius 3 is 1.42 bits per heavy atom. The molecule has 0 aromatic heterocycles. The van der Waals surface area contributed by atoms with Crippen molar-refractivity contribution in [2.24, 2.45) is 0 Å². The topological polar surface area (TPSA) is 52.6 Å². The van der Waals surface area contributed by atoms with E-state index in [9.17, 15) is 9.59 Å². The maximum absolute atomic E-state index is 11.0. The third-order valence-electron chi connectivity index (χ3n) is 6.13. The lowest BCUT2D eigenvalue weighted by Gasteiger charge is -2.17. The molecule has 0 saturated heterocycles. The summed E-state index contributed by atoms with van der Waals surface area (Å²) in [5.74, 6) is 1.38. The molecule has 0 aliphatic rings. The zero-order chi connectivity index (χ0) is 25.7. The Morgan fingerprint density at radius 2 is 1.06 bits per heavy atom. The molecule has 36 heavy (non-hydrogen) atoms. The van der Waals surface area contributed by atoms with E-state index in [4.69, 9.17) is 9.47 Å². The van der Waals surface area contributed by atoms with E-state index in [2.05, 4.69) is 70.0 Å². The van der Waals surface area contributed by atoms with Gasteiger partial charge in [-0.1, -0.05) is 36.4 Å². The lowest BCUT2D eigenvalue weighted by atomic mass is 9.92. The zero-order valence-electron chi connectivity index (χ0n) is 19.9. The van der Waals surface area contributed by atoms with Gasteiger partial charge < -0.3 is 9.47 Å². The van der Waals surface area contributed by atoms with Crippen LogP contribution in [0.5, 0.6) is 11.5 Å². The van der Waals surface area contributed by atoms with Crippen molar-refractivity contribution in [3.63, 3.8) is 0 Å². The predicted octanol–water partition coefficient (Wildman–Crippen LogP) is 8.28. The monoisotopic (exact) mass is 606 g/mol. The number of ether oxygens (including phenoxy) is 2. The highest BCUT2D eigenvalue weighted by Crippen LogP contribution is 2.33. The van der Waals surface area contributed by atoms with E-state index in [0.29, 0.717) is 35.8 Å². The van der Waals surface area contributed by atoms with Gasteiger partial charge in [-0.3, -0.25) is 9.59 Å². The van der Waals surface area contributed by atoms with Crippen LogP contribution in [0, 0.1) is 13.8 Å². The highest BCUT2D eigenvalue weighted by Gasteiger charge is 2.13. The van der Waals surface area contributed by atoms with Crippen LogP contribution in [0.25, 0.3) is 11.1 Å². The number of halogens is 2. The Balaban J connectivity index is 1.54. The number of benzene rings is 4. The Hall–Kier alpha value is -3.22. The van der Waals surface area contributed by atoms with Crippen molar-refractivity contribution < 1.29 is 19.1 Å². The summed E-state index contributed by atoms with van der Waals surface area (Å²) in [7, 11) is 0. The van der Waals surface area contributed by atoms with Crippen molar-refractivity contribution in [2.45, 2.75) is 27.1 Å². The number of carbonyl (C=O) groups excluding carboxylic acids is 2. The van der Waals surface area contributed by atoms with Gasteiger partial charge in [0.25, 0.3) is 0 Å². The summed E-state index contributed by atoms with van der Waals surface area (Å²) in [6.07, 6.45) is 1.62. The van der Waals surface area contributed by atoms with Crippen molar-refractivity contribution >= 4 is 44.4 Å². The third-order valence-corrected chi connectivity index (χ3v) is 7.37. The first kappa shape index (κ1) is 25.9. The minimum atomic E-state index is 0.408.